The Morgan fingerprint density at radius 1 is 0.848 bits per heavy atom. The molecule has 0 saturated carbocycles. The lowest BCUT2D eigenvalue weighted by Crippen LogP contribution is -2.69. The lowest BCUT2D eigenvalue weighted by molar-refractivity contribution is -0.267. The van der Waals surface area contributed by atoms with Crippen LogP contribution in [0.15, 0.2) is 24.3 Å². The minimum Gasteiger partial charge on any atom is -0.463 e. The van der Waals surface area contributed by atoms with Gasteiger partial charge in [0.1, 0.15) is 0 Å². The second-order valence-electron chi connectivity index (χ2n) is 6.50. The van der Waals surface area contributed by atoms with E-state index in [-0.39, 0.29) is 0 Å². The SMILES string of the molecule is CCOC(=O)C(NC(=O)CC)(Nc1ccc(C(O)(C(=O)OCC)C(F)(F)F)cc1)C(F)(F)F. The minimum atomic E-state index is -5.52. The van der Waals surface area contributed by atoms with Crippen molar-refractivity contribution in [1.29, 1.82) is 0 Å². The molecule has 186 valence electrons. The van der Waals surface area contributed by atoms with Crippen molar-refractivity contribution in [3.05, 3.63) is 29.8 Å². The molecule has 0 heterocycles. The van der Waals surface area contributed by atoms with Crippen LogP contribution in [0.5, 0.6) is 0 Å². The number of esters is 2. The summed E-state index contributed by atoms with van der Waals surface area (Å²) < 4.78 is 90.8. The molecule has 0 fully saturated rings. The Morgan fingerprint density at radius 3 is 1.73 bits per heavy atom. The first-order valence-corrected chi connectivity index (χ1v) is 9.50. The van der Waals surface area contributed by atoms with Crippen molar-refractivity contribution in [1.82, 2.24) is 5.32 Å². The second-order valence-corrected chi connectivity index (χ2v) is 6.50. The molecule has 8 nitrogen and oxygen atoms in total. The summed E-state index contributed by atoms with van der Waals surface area (Å²) in [6, 6.07) is 2.31. The highest BCUT2D eigenvalue weighted by atomic mass is 19.4. The highest BCUT2D eigenvalue weighted by molar-refractivity contribution is 5.91. The molecule has 0 aromatic heterocycles. The average molecular weight is 488 g/mol. The number of ether oxygens (including phenoxy) is 2. The van der Waals surface area contributed by atoms with Crippen LogP contribution in [-0.4, -0.2) is 54.2 Å². The Labute approximate surface area is 184 Å². The van der Waals surface area contributed by atoms with Crippen LogP contribution in [0.25, 0.3) is 0 Å². The monoisotopic (exact) mass is 488 g/mol. The van der Waals surface area contributed by atoms with Crippen LogP contribution in [-0.2, 0) is 29.5 Å². The van der Waals surface area contributed by atoms with E-state index < -0.39 is 72.3 Å². The van der Waals surface area contributed by atoms with Crippen LogP contribution in [0, 0.1) is 0 Å². The molecule has 1 aromatic rings. The number of anilines is 1. The molecular weight excluding hydrogens is 466 g/mol. The maximum atomic E-state index is 13.9. The van der Waals surface area contributed by atoms with Crippen molar-refractivity contribution < 1.29 is 55.3 Å². The van der Waals surface area contributed by atoms with Gasteiger partial charge in [0.25, 0.3) is 5.60 Å². The Hall–Kier alpha value is -3.03. The van der Waals surface area contributed by atoms with E-state index in [0.717, 1.165) is 0 Å². The third kappa shape index (κ3) is 5.67. The number of aliphatic hydroxyl groups is 1. The van der Waals surface area contributed by atoms with E-state index in [1.165, 1.54) is 26.1 Å². The van der Waals surface area contributed by atoms with Gasteiger partial charge in [-0.1, -0.05) is 19.1 Å². The highest BCUT2D eigenvalue weighted by Crippen LogP contribution is 2.41. The Balaban J connectivity index is 3.51. The molecule has 0 aliphatic rings. The van der Waals surface area contributed by atoms with E-state index in [0.29, 0.717) is 24.3 Å². The van der Waals surface area contributed by atoms with E-state index in [4.69, 9.17) is 0 Å². The number of rotatable bonds is 9. The lowest BCUT2D eigenvalue weighted by atomic mass is 9.92. The maximum absolute atomic E-state index is 13.9. The summed E-state index contributed by atoms with van der Waals surface area (Å²) in [5.74, 6) is -5.13. The third-order valence-corrected chi connectivity index (χ3v) is 4.27. The summed E-state index contributed by atoms with van der Waals surface area (Å²) in [5, 5.41) is 13.3. The Bertz CT molecular complexity index is 858. The van der Waals surface area contributed by atoms with Crippen LogP contribution in [0.2, 0.25) is 0 Å². The summed E-state index contributed by atoms with van der Waals surface area (Å²) in [6.45, 7) is 2.70. The number of benzene rings is 1. The van der Waals surface area contributed by atoms with E-state index in [1.54, 1.807) is 5.32 Å². The average Bonchev–Trinajstić information content (AvgIpc) is 2.71. The number of halogens is 6. The number of amides is 1. The van der Waals surface area contributed by atoms with E-state index in [1.807, 2.05) is 0 Å². The number of carbonyl (C=O) groups is 3. The smallest absolute Gasteiger partial charge is 0.441 e. The van der Waals surface area contributed by atoms with E-state index in [2.05, 4.69) is 9.47 Å². The molecule has 14 heteroatoms. The molecule has 0 bridgehead atoms. The maximum Gasteiger partial charge on any atom is 0.441 e. The van der Waals surface area contributed by atoms with Gasteiger partial charge >= 0.3 is 30.0 Å². The van der Waals surface area contributed by atoms with Gasteiger partial charge in [0.05, 0.1) is 13.2 Å². The van der Waals surface area contributed by atoms with Crippen molar-refractivity contribution in [3.8, 4) is 0 Å². The van der Waals surface area contributed by atoms with Gasteiger partial charge in [0.15, 0.2) is 0 Å². The molecular formula is C19H22F6N2O6. The normalized spacial score (nSPS) is 15.6. The zero-order valence-electron chi connectivity index (χ0n) is 17.7. The van der Waals surface area contributed by atoms with Crippen molar-refractivity contribution in [2.45, 2.75) is 50.8 Å². The number of alkyl halides is 6. The highest BCUT2D eigenvalue weighted by Gasteiger charge is 2.64. The van der Waals surface area contributed by atoms with Gasteiger partial charge in [0, 0.05) is 17.7 Å². The largest absolute Gasteiger partial charge is 0.463 e. The van der Waals surface area contributed by atoms with Gasteiger partial charge in [-0.25, -0.2) is 9.59 Å². The number of hydrogen-bond acceptors (Lipinski definition) is 7. The van der Waals surface area contributed by atoms with Gasteiger partial charge in [-0.15, -0.1) is 0 Å². The number of nitrogens with one attached hydrogen (secondary N) is 2. The van der Waals surface area contributed by atoms with Crippen LogP contribution >= 0.6 is 0 Å². The molecule has 0 radical (unpaired) electrons. The number of hydrogen-bond donors (Lipinski definition) is 3. The second kappa shape index (κ2) is 10.3. The van der Waals surface area contributed by atoms with Crippen molar-refractivity contribution in [3.63, 3.8) is 0 Å². The molecule has 0 saturated heterocycles. The van der Waals surface area contributed by atoms with E-state index in [9.17, 15) is 45.8 Å². The quantitative estimate of drug-likeness (QED) is 0.278. The topological polar surface area (TPSA) is 114 Å². The molecule has 33 heavy (non-hydrogen) atoms. The van der Waals surface area contributed by atoms with E-state index >= 15 is 0 Å². The van der Waals surface area contributed by atoms with Crippen molar-refractivity contribution >= 4 is 23.5 Å². The zero-order chi connectivity index (χ0) is 25.7. The standard InChI is InChI=1S/C19H22F6N2O6/c1-4-13(28)27-17(19(23,24)25,15(30)33-6-3)26-12-9-7-11(8-10-12)16(31,18(20,21)22)14(29)32-5-2/h7-10,26,31H,4-6H2,1-3H3,(H,27,28). The minimum absolute atomic E-state index is 0.435. The zero-order valence-corrected chi connectivity index (χ0v) is 17.7. The van der Waals surface area contributed by atoms with Crippen LogP contribution < -0.4 is 10.6 Å². The van der Waals surface area contributed by atoms with Gasteiger partial charge in [-0.2, -0.15) is 26.3 Å². The fraction of sp³-hybridized carbons (Fsp3) is 0.526. The first-order valence-electron chi connectivity index (χ1n) is 9.50. The summed E-state index contributed by atoms with van der Waals surface area (Å²) in [5.41, 5.74) is -9.50. The van der Waals surface area contributed by atoms with Gasteiger partial charge in [-0.3, -0.25) is 4.79 Å². The van der Waals surface area contributed by atoms with Crippen LogP contribution in [0.1, 0.15) is 32.8 Å². The number of carbonyl (C=O) groups excluding carboxylic acids is 3. The first-order chi connectivity index (χ1) is 15.1. The van der Waals surface area contributed by atoms with Gasteiger partial charge < -0.3 is 25.2 Å². The predicted octanol–water partition coefficient (Wildman–Crippen LogP) is 2.76. The summed E-state index contributed by atoms with van der Waals surface area (Å²) >= 11 is 0. The van der Waals surface area contributed by atoms with Crippen LogP contribution in [0.4, 0.5) is 32.0 Å². The van der Waals surface area contributed by atoms with Crippen LogP contribution in [0.3, 0.4) is 0 Å². The molecule has 1 amide bonds. The Kier molecular flexibility index (Phi) is 8.72. The fourth-order valence-corrected chi connectivity index (χ4v) is 2.57. The fourth-order valence-electron chi connectivity index (χ4n) is 2.57. The molecule has 1 aromatic carbocycles. The van der Waals surface area contributed by atoms with Crippen molar-refractivity contribution in [2.24, 2.45) is 0 Å². The summed E-state index contributed by atoms with van der Waals surface area (Å²) in [6.07, 6.45) is -11.4. The molecule has 2 atom stereocenters. The Morgan fingerprint density at radius 2 is 1.33 bits per heavy atom. The molecule has 2 unspecified atom stereocenters. The summed E-state index contributed by atoms with van der Waals surface area (Å²) in [7, 11) is 0. The first kappa shape index (κ1) is 28.0. The third-order valence-electron chi connectivity index (χ3n) is 4.27. The van der Waals surface area contributed by atoms with Gasteiger partial charge in [-0.05, 0) is 26.0 Å². The van der Waals surface area contributed by atoms with Crippen molar-refractivity contribution in [2.75, 3.05) is 18.5 Å². The van der Waals surface area contributed by atoms with Gasteiger partial charge in [0.2, 0.25) is 5.91 Å². The predicted molar refractivity (Wildman–Crippen MR) is 101 cm³/mol. The molecule has 0 aliphatic heterocycles. The molecule has 0 aliphatic carbocycles. The molecule has 1 rings (SSSR count). The summed E-state index contributed by atoms with van der Waals surface area (Å²) in [4.78, 5) is 35.8. The molecule has 0 spiro atoms. The molecule has 3 N–H and O–H groups in total. The lowest BCUT2D eigenvalue weighted by Gasteiger charge is -2.35.